The highest BCUT2D eigenvalue weighted by Gasteiger charge is 2.24. The number of anilines is 1. The van der Waals surface area contributed by atoms with Gasteiger partial charge in [-0.25, -0.2) is 0 Å². The Hall–Kier alpha value is -0.760. The predicted octanol–water partition coefficient (Wildman–Crippen LogP) is 3.45. The minimum atomic E-state index is 0.492. The first-order chi connectivity index (χ1) is 7.72. The van der Waals surface area contributed by atoms with Gasteiger partial charge < -0.3 is 4.90 Å². The number of aromatic nitrogens is 1. The second-order valence-corrected chi connectivity index (χ2v) is 4.96. The van der Waals surface area contributed by atoms with E-state index in [1.807, 2.05) is 6.20 Å². The summed E-state index contributed by atoms with van der Waals surface area (Å²) in [5.41, 5.74) is 2.23. The van der Waals surface area contributed by atoms with E-state index in [4.69, 9.17) is 11.6 Å². The molecule has 2 atom stereocenters. The van der Waals surface area contributed by atoms with Crippen molar-refractivity contribution in [3.05, 3.63) is 24.0 Å². The van der Waals surface area contributed by atoms with E-state index in [0.29, 0.717) is 11.9 Å². The average molecular weight is 239 g/mol. The summed E-state index contributed by atoms with van der Waals surface area (Å²) in [6.07, 6.45) is 4.48. The summed E-state index contributed by atoms with van der Waals surface area (Å²) in [4.78, 5) is 6.72. The van der Waals surface area contributed by atoms with Gasteiger partial charge in [-0.1, -0.05) is 6.92 Å². The summed E-state index contributed by atoms with van der Waals surface area (Å²) >= 11 is 5.82. The zero-order chi connectivity index (χ0) is 11.5. The van der Waals surface area contributed by atoms with Gasteiger partial charge in [0.1, 0.15) is 0 Å². The smallest absolute Gasteiger partial charge is 0.0648 e. The van der Waals surface area contributed by atoms with Crippen molar-refractivity contribution in [1.82, 2.24) is 4.98 Å². The first-order valence-corrected chi connectivity index (χ1v) is 6.53. The van der Waals surface area contributed by atoms with Crippen molar-refractivity contribution in [3.63, 3.8) is 0 Å². The molecule has 1 aliphatic heterocycles. The number of hydrogen-bond acceptors (Lipinski definition) is 2. The summed E-state index contributed by atoms with van der Waals surface area (Å²) in [7, 11) is 0. The Labute approximate surface area is 103 Å². The zero-order valence-corrected chi connectivity index (χ0v) is 10.7. The lowest BCUT2D eigenvalue weighted by atomic mass is 9.91. The number of rotatable bonds is 2. The lowest BCUT2D eigenvalue weighted by molar-refractivity contribution is 0.363. The summed E-state index contributed by atoms with van der Waals surface area (Å²) in [5, 5.41) is 0. The largest absolute Gasteiger partial charge is 0.368 e. The normalized spacial score (nSPS) is 25.8. The van der Waals surface area contributed by atoms with Crippen LogP contribution in [0.3, 0.4) is 0 Å². The van der Waals surface area contributed by atoms with Crippen molar-refractivity contribution in [1.29, 1.82) is 0 Å². The van der Waals surface area contributed by atoms with Gasteiger partial charge >= 0.3 is 0 Å². The second kappa shape index (κ2) is 5.05. The molecule has 2 unspecified atom stereocenters. The third-order valence-corrected chi connectivity index (χ3v) is 3.92. The first-order valence-electron chi connectivity index (χ1n) is 6.00. The van der Waals surface area contributed by atoms with Gasteiger partial charge in [-0.2, -0.15) is 0 Å². The molecule has 1 saturated heterocycles. The van der Waals surface area contributed by atoms with Gasteiger partial charge in [-0.3, -0.25) is 4.98 Å². The number of hydrogen-bond donors (Lipinski definition) is 0. The molecule has 88 valence electrons. The molecule has 16 heavy (non-hydrogen) atoms. The highest BCUT2D eigenvalue weighted by Crippen LogP contribution is 2.28. The van der Waals surface area contributed by atoms with E-state index in [-0.39, 0.29) is 0 Å². The Balaban J connectivity index is 2.21. The summed E-state index contributed by atoms with van der Waals surface area (Å²) < 4.78 is 0. The fraction of sp³-hybridized carbons (Fsp3) is 0.615. The lowest BCUT2D eigenvalue weighted by Crippen LogP contribution is -2.42. The van der Waals surface area contributed by atoms with Crippen LogP contribution in [0.5, 0.6) is 0 Å². The molecular formula is C13H19ClN2. The molecule has 2 rings (SSSR count). The van der Waals surface area contributed by atoms with E-state index < -0.39 is 0 Å². The molecule has 0 amide bonds. The summed E-state index contributed by atoms with van der Waals surface area (Å²) in [6, 6.07) is 4.81. The number of pyridine rings is 1. The van der Waals surface area contributed by atoms with Crippen LogP contribution in [0.4, 0.5) is 5.69 Å². The number of alkyl halides is 1. The van der Waals surface area contributed by atoms with Crippen molar-refractivity contribution in [2.45, 2.75) is 38.6 Å². The van der Waals surface area contributed by atoms with Crippen LogP contribution in [-0.4, -0.2) is 17.6 Å². The minimum Gasteiger partial charge on any atom is -0.368 e. The van der Waals surface area contributed by atoms with Gasteiger partial charge in [0.15, 0.2) is 0 Å². The van der Waals surface area contributed by atoms with Crippen LogP contribution >= 0.6 is 11.6 Å². The van der Waals surface area contributed by atoms with Gasteiger partial charge in [-0.15, -0.1) is 11.6 Å². The Bertz CT molecular complexity index is 354. The van der Waals surface area contributed by atoms with E-state index in [0.717, 1.165) is 18.2 Å². The van der Waals surface area contributed by atoms with Crippen LogP contribution < -0.4 is 4.90 Å². The average Bonchev–Trinajstić information content (AvgIpc) is 2.33. The Morgan fingerprint density at radius 1 is 1.50 bits per heavy atom. The Morgan fingerprint density at radius 3 is 3.06 bits per heavy atom. The van der Waals surface area contributed by atoms with E-state index in [9.17, 15) is 0 Å². The monoisotopic (exact) mass is 238 g/mol. The van der Waals surface area contributed by atoms with E-state index >= 15 is 0 Å². The van der Waals surface area contributed by atoms with Crippen molar-refractivity contribution in [3.8, 4) is 0 Å². The van der Waals surface area contributed by atoms with Crippen molar-refractivity contribution < 1.29 is 0 Å². The van der Waals surface area contributed by atoms with Gasteiger partial charge in [0.05, 0.1) is 11.6 Å². The maximum Gasteiger partial charge on any atom is 0.0648 e. The molecule has 2 nitrogen and oxygen atoms in total. The van der Waals surface area contributed by atoms with Crippen LogP contribution in [-0.2, 0) is 5.88 Å². The van der Waals surface area contributed by atoms with Crippen LogP contribution in [0.25, 0.3) is 0 Å². The van der Waals surface area contributed by atoms with Crippen LogP contribution in [0.15, 0.2) is 18.3 Å². The Kier molecular flexibility index (Phi) is 3.70. The molecule has 0 saturated carbocycles. The number of piperidine rings is 1. The molecule has 1 fully saturated rings. The molecule has 3 heteroatoms. The zero-order valence-electron chi connectivity index (χ0n) is 9.99. The van der Waals surface area contributed by atoms with E-state index in [2.05, 4.69) is 35.9 Å². The molecule has 0 bridgehead atoms. The highest BCUT2D eigenvalue weighted by molar-refractivity contribution is 6.16. The lowest BCUT2D eigenvalue weighted by Gasteiger charge is -2.39. The molecule has 0 aliphatic carbocycles. The molecule has 0 radical (unpaired) electrons. The SMILES string of the molecule is CC1CCCN(c2ccnc(CCl)c2)C1C. The third kappa shape index (κ3) is 2.32. The summed E-state index contributed by atoms with van der Waals surface area (Å²) in [6.45, 7) is 5.79. The van der Waals surface area contributed by atoms with Crippen molar-refractivity contribution >= 4 is 17.3 Å². The van der Waals surface area contributed by atoms with Crippen molar-refractivity contribution in [2.24, 2.45) is 5.92 Å². The van der Waals surface area contributed by atoms with Gasteiger partial charge in [0.25, 0.3) is 0 Å². The van der Waals surface area contributed by atoms with Gasteiger partial charge in [0, 0.05) is 24.5 Å². The molecule has 0 spiro atoms. The third-order valence-electron chi connectivity index (χ3n) is 3.64. The van der Waals surface area contributed by atoms with Gasteiger partial charge in [0.2, 0.25) is 0 Å². The van der Waals surface area contributed by atoms with Crippen molar-refractivity contribution in [2.75, 3.05) is 11.4 Å². The second-order valence-electron chi connectivity index (χ2n) is 4.69. The first kappa shape index (κ1) is 11.7. The van der Waals surface area contributed by atoms with E-state index in [1.54, 1.807) is 0 Å². The molecule has 2 heterocycles. The molecule has 1 aromatic rings. The van der Waals surface area contributed by atoms with Crippen LogP contribution in [0.2, 0.25) is 0 Å². The summed E-state index contributed by atoms with van der Waals surface area (Å²) in [5.74, 6) is 1.26. The van der Waals surface area contributed by atoms with Gasteiger partial charge in [-0.05, 0) is 37.8 Å². The molecule has 1 aromatic heterocycles. The number of halogens is 1. The molecule has 0 N–H and O–H groups in total. The van der Waals surface area contributed by atoms with E-state index in [1.165, 1.54) is 18.5 Å². The molecular weight excluding hydrogens is 220 g/mol. The fourth-order valence-electron chi connectivity index (χ4n) is 2.42. The molecule has 0 aromatic carbocycles. The number of nitrogens with zero attached hydrogens (tertiary/aromatic N) is 2. The minimum absolute atomic E-state index is 0.492. The standard InChI is InChI=1S/C13H19ClN2/c1-10-4-3-7-16(11(10)2)13-5-6-15-12(8-13)9-14/h5-6,8,10-11H,3-4,7,9H2,1-2H3. The maximum atomic E-state index is 5.82. The van der Waals surface area contributed by atoms with Crippen LogP contribution in [0, 0.1) is 5.92 Å². The molecule has 1 aliphatic rings. The maximum absolute atomic E-state index is 5.82. The predicted molar refractivity (Wildman–Crippen MR) is 69.0 cm³/mol. The highest BCUT2D eigenvalue weighted by atomic mass is 35.5. The Morgan fingerprint density at radius 2 is 2.31 bits per heavy atom. The topological polar surface area (TPSA) is 16.1 Å². The fourth-order valence-corrected chi connectivity index (χ4v) is 2.56. The van der Waals surface area contributed by atoms with Crippen LogP contribution in [0.1, 0.15) is 32.4 Å². The quantitative estimate of drug-likeness (QED) is 0.734.